The third-order valence-corrected chi connectivity index (χ3v) is 4.40. The zero-order valence-corrected chi connectivity index (χ0v) is 14.3. The number of nitrogens with zero attached hydrogens (tertiary/aromatic N) is 2. The van der Waals surface area contributed by atoms with E-state index in [1.54, 1.807) is 18.2 Å². The number of benzene rings is 2. The van der Waals surface area contributed by atoms with Crippen LogP contribution in [-0.2, 0) is 11.3 Å². The van der Waals surface area contributed by atoms with Crippen molar-refractivity contribution < 1.29 is 28.8 Å². The van der Waals surface area contributed by atoms with Crippen molar-refractivity contribution in [3.8, 4) is 11.5 Å². The van der Waals surface area contributed by atoms with E-state index in [2.05, 4.69) is 5.32 Å². The van der Waals surface area contributed by atoms with Crippen molar-refractivity contribution in [1.82, 2.24) is 10.2 Å². The van der Waals surface area contributed by atoms with Crippen LogP contribution in [-0.4, -0.2) is 40.9 Å². The highest BCUT2D eigenvalue weighted by molar-refractivity contribution is 6.24. The van der Waals surface area contributed by atoms with Crippen molar-refractivity contribution in [1.29, 1.82) is 0 Å². The van der Waals surface area contributed by atoms with Crippen LogP contribution in [0.25, 0.3) is 0 Å². The topological polar surface area (TPSA) is 128 Å². The number of rotatable bonds is 5. The standard InChI is InChI=1S/C18H13N3O7/c22-15(19-7-10-4-5-13-14(6-10)28-9-27-13)8-20-17(23)11-2-1-3-12(21(25)26)16(11)18(20)24/h1-6H,7-9H2,(H,19,22). The molecular weight excluding hydrogens is 370 g/mol. The quantitative estimate of drug-likeness (QED) is 0.467. The molecule has 142 valence electrons. The molecule has 2 heterocycles. The summed E-state index contributed by atoms with van der Waals surface area (Å²) in [5, 5.41) is 13.7. The first kappa shape index (κ1) is 17.5. The van der Waals surface area contributed by atoms with Gasteiger partial charge in [0.05, 0.1) is 10.5 Å². The van der Waals surface area contributed by atoms with Gasteiger partial charge in [0.15, 0.2) is 11.5 Å². The smallest absolute Gasteiger partial charge is 0.282 e. The maximum atomic E-state index is 12.5. The van der Waals surface area contributed by atoms with Gasteiger partial charge in [-0.05, 0) is 23.8 Å². The molecule has 0 atom stereocenters. The van der Waals surface area contributed by atoms with Crippen LogP contribution in [0.4, 0.5) is 5.69 Å². The lowest BCUT2D eigenvalue weighted by molar-refractivity contribution is -0.385. The molecule has 0 radical (unpaired) electrons. The molecular formula is C18H13N3O7. The summed E-state index contributed by atoms with van der Waals surface area (Å²) in [6.45, 7) is -0.246. The third-order valence-electron chi connectivity index (χ3n) is 4.40. The molecule has 0 spiro atoms. The van der Waals surface area contributed by atoms with Crippen LogP contribution in [0.3, 0.4) is 0 Å². The fourth-order valence-corrected chi connectivity index (χ4v) is 3.06. The Morgan fingerprint density at radius 2 is 1.93 bits per heavy atom. The van der Waals surface area contributed by atoms with Crippen LogP contribution in [0.2, 0.25) is 0 Å². The molecule has 10 nitrogen and oxygen atoms in total. The molecule has 2 aliphatic rings. The second-order valence-electron chi connectivity index (χ2n) is 6.12. The number of carbonyl (C=O) groups excluding carboxylic acids is 3. The zero-order chi connectivity index (χ0) is 19.8. The normalized spacial score (nSPS) is 14.2. The first-order chi connectivity index (χ1) is 13.5. The lowest BCUT2D eigenvalue weighted by Gasteiger charge is -2.13. The summed E-state index contributed by atoms with van der Waals surface area (Å²) >= 11 is 0. The van der Waals surface area contributed by atoms with Crippen molar-refractivity contribution in [2.45, 2.75) is 6.54 Å². The summed E-state index contributed by atoms with van der Waals surface area (Å²) in [5.74, 6) is -0.982. The first-order valence-corrected chi connectivity index (χ1v) is 8.24. The highest BCUT2D eigenvalue weighted by Gasteiger charge is 2.41. The average Bonchev–Trinajstić information content (AvgIpc) is 3.24. The first-order valence-electron chi connectivity index (χ1n) is 8.24. The molecule has 1 N–H and O–H groups in total. The van der Waals surface area contributed by atoms with E-state index in [-0.39, 0.29) is 24.5 Å². The summed E-state index contributed by atoms with van der Waals surface area (Å²) in [6.07, 6.45) is 0. The predicted molar refractivity (Wildman–Crippen MR) is 92.9 cm³/mol. The van der Waals surface area contributed by atoms with E-state index in [1.165, 1.54) is 12.1 Å². The van der Waals surface area contributed by atoms with E-state index in [9.17, 15) is 24.5 Å². The molecule has 0 saturated heterocycles. The summed E-state index contributed by atoms with van der Waals surface area (Å²) in [5.41, 5.74) is -0.0847. The molecule has 10 heteroatoms. The average molecular weight is 383 g/mol. The molecule has 0 saturated carbocycles. The second kappa shape index (κ2) is 6.65. The third kappa shape index (κ3) is 2.90. The van der Waals surface area contributed by atoms with E-state index < -0.39 is 34.9 Å². The van der Waals surface area contributed by atoms with Crippen LogP contribution < -0.4 is 14.8 Å². The molecule has 0 aromatic heterocycles. The molecule has 3 amide bonds. The number of fused-ring (bicyclic) bond motifs is 2. The van der Waals surface area contributed by atoms with Gasteiger partial charge in [-0.25, -0.2) is 0 Å². The van der Waals surface area contributed by atoms with Crippen molar-refractivity contribution in [2.75, 3.05) is 13.3 Å². The Labute approximate surface area is 157 Å². The van der Waals surface area contributed by atoms with Crippen LogP contribution >= 0.6 is 0 Å². The van der Waals surface area contributed by atoms with Crippen molar-refractivity contribution in [3.05, 3.63) is 63.2 Å². The highest BCUT2D eigenvalue weighted by Crippen LogP contribution is 2.32. The number of amides is 3. The molecule has 0 unspecified atom stereocenters. The Bertz CT molecular complexity index is 1030. The van der Waals surface area contributed by atoms with Crippen LogP contribution in [0, 0.1) is 10.1 Å². The predicted octanol–water partition coefficient (Wildman–Crippen LogP) is 1.24. The van der Waals surface area contributed by atoms with Gasteiger partial charge in [0, 0.05) is 12.6 Å². The molecule has 0 bridgehead atoms. The maximum absolute atomic E-state index is 12.5. The van der Waals surface area contributed by atoms with Gasteiger partial charge in [-0.3, -0.25) is 29.4 Å². The number of imide groups is 1. The van der Waals surface area contributed by atoms with Gasteiger partial charge in [0.25, 0.3) is 17.5 Å². The van der Waals surface area contributed by atoms with E-state index in [0.29, 0.717) is 16.4 Å². The minimum Gasteiger partial charge on any atom is -0.454 e. The number of nitro benzene ring substituents is 1. The molecule has 2 aromatic carbocycles. The van der Waals surface area contributed by atoms with Gasteiger partial charge in [-0.2, -0.15) is 0 Å². The number of hydrogen-bond donors (Lipinski definition) is 1. The molecule has 28 heavy (non-hydrogen) atoms. The molecule has 4 rings (SSSR count). The highest BCUT2D eigenvalue weighted by atomic mass is 16.7. The van der Waals surface area contributed by atoms with Crippen molar-refractivity contribution in [3.63, 3.8) is 0 Å². The Balaban J connectivity index is 1.44. The SMILES string of the molecule is O=C(CN1C(=O)c2cccc([N+](=O)[O-])c2C1=O)NCc1ccc2c(c1)OCO2. The molecule has 0 aliphatic carbocycles. The minimum atomic E-state index is -0.856. The van der Waals surface area contributed by atoms with Gasteiger partial charge < -0.3 is 14.8 Å². The lowest BCUT2D eigenvalue weighted by atomic mass is 10.1. The van der Waals surface area contributed by atoms with Crippen molar-refractivity contribution in [2.24, 2.45) is 0 Å². The molecule has 2 aliphatic heterocycles. The summed E-state index contributed by atoms with van der Waals surface area (Å²) < 4.78 is 10.5. The number of carbonyl (C=O) groups is 3. The van der Waals surface area contributed by atoms with E-state index in [4.69, 9.17) is 9.47 Å². The van der Waals surface area contributed by atoms with E-state index in [1.807, 2.05) is 0 Å². The number of hydrogen-bond acceptors (Lipinski definition) is 7. The van der Waals surface area contributed by atoms with E-state index in [0.717, 1.165) is 11.6 Å². The van der Waals surface area contributed by atoms with Gasteiger partial charge >= 0.3 is 0 Å². The maximum Gasteiger partial charge on any atom is 0.282 e. The minimum absolute atomic E-state index is 0.0808. The van der Waals surface area contributed by atoms with Gasteiger partial charge in [0.2, 0.25) is 12.7 Å². The summed E-state index contributed by atoms with van der Waals surface area (Å²) in [7, 11) is 0. The molecule has 0 fully saturated rings. The Hall–Kier alpha value is -3.95. The summed E-state index contributed by atoms with van der Waals surface area (Å²) in [4.78, 5) is 48.2. The summed E-state index contributed by atoms with van der Waals surface area (Å²) in [6, 6.07) is 8.98. The van der Waals surface area contributed by atoms with Crippen LogP contribution in [0.15, 0.2) is 36.4 Å². The number of nitro groups is 1. The monoisotopic (exact) mass is 383 g/mol. The zero-order valence-electron chi connectivity index (χ0n) is 14.3. The van der Waals surface area contributed by atoms with Crippen LogP contribution in [0.5, 0.6) is 11.5 Å². The molecule has 2 aromatic rings. The Kier molecular flexibility index (Phi) is 4.15. The van der Waals surface area contributed by atoms with E-state index >= 15 is 0 Å². The fraction of sp³-hybridized carbons (Fsp3) is 0.167. The van der Waals surface area contributed by atoms with Crippen LogP contribution in [0.1, 0.15) is 26.3 Å². The van der Waals surface area contributed by atoms with Gasteiger partial charge in [-0.15, -0.1) is 0 Å². The number of nitrogens with one attached hydrogen (secondary N) is 1. The van der Waals surface area contributed by atoms with Gasteiger partial charge in [-0.1, -0.05) is 12.1 Å². The van der Waals surface area contributed by atoms with Crippen molar-refractivity contribution >= 4 is 23.4 Å². The number of ether oxygens (including phenoxy) is 2. The Morgan fingerprint density at radius 1 is 1.14 bits per heavy atom. The Morgan fingerprint density at radius 3 is 2.71 bits per heavy atom. The second-order valence-corrected chi connectivity index (χ2v) is 6.12. The lowest BCUT2D eigenvalue weighted by Crippen LogP contribution is -2.40. The largest absolute Gasteiger partial charge is 0.454 e. The fourth-order valence-electron chi connectivity index (χ4n) is 3.06. The van der Waals surface area contributed by atoms with Gasteiger partial charge in [0.1, 0.15) is 12.1 Å².